The fourth-order valence-electron chi connectivity index (χ4n) is 4.51. The minimum Gasteiger partial charge on any atom is -0.492 e. The number of aliphatic hydroxyl groups excluding tert-OH is 3. The lowest BCUT2D eigenvalue weighted by Gasteiger charge is -2.40. The van der Waals surface area contributed by atoms with E-state index in [1.807, 2.05) is 22.6 Å². The van der Waals surface area contributed by atoms with E-state index >= 15 is 0 Å². The van der Waals surface area contributed by atoms with Gasteiger partial charge >= 0.3 is 0 Å². The molecule has 2 saturated heterocycles. The monoisotopic (exact) mass is 658 g/mol. The summed E-state index contributed by atoms with van der Waals surface area (Å²) >= 11 is 2.99. The van der Waals surface area contributed by atoms with Crippen LogP contribution in [0.4, 0.5) is 0 Å². The number of thioether (sulfide) groups is 1. The summed E-state index contributed by atoms with van der Waals surface area (Å²) in [6.07, 6.45) is -6.68. The molecule has 13 heteroatoms. The zero-order valence-corrected chi connectivity index (χ0v) is 24.8. The van der Waals surface area contributed by atoms with E-state index in [9.17, 15) is 20.1 Å². The second-order valence-corrected chi connectivity index (χ2v) is 11.1. The average Bonchev–Trinajstić information content (AvgIpc) is 2.87. The number of aliphatic hydroxyl groups is 3. The fourth-order valence-corrected chi connectivity index (χ4v) is 6.29. The van der Waals surface area contributed by atoms with E-state index in [0.29, 0.717) is 9.13 Å². The Labute approximate surface area is 234 Å². The number of carbonyl (C=O) groups excluding carboxylic acids is 1. The molecule has 0 aromatic heterocycles. The number of rotatable bonds is 8. The summed E-state index contributed by atoms with van der Waals surface area (Å²) in [7, 11) is 5.70. The van der Waals surface area contributed by atoms with E-state index in [4.69, 9.17) is 33.2 Å². The summed E-state index contributed by atoms with van der Waals surface area (Å²) in [5.74, 6) is 0.486. The zero-order chi connectivity index (χ0) is 27.6. The molecule has 1 aromatic carbocycles. The highest BCUT2D eigenvalue weighted by atomic mass is 127. The number of benzene rings is 1. The van der Waals surface area contributed by atoms with Crippen LogP contribution in [0.1, 0.15) is 36.2 Å². The minimum atomic E-state index is -1.30. The Balaban J connectivity index is 1.95. The molecule has 2 heterocycles. The van der Waals surface area contributed by atoms with Crippen molar-refractivity contribution in [3.63, 3.8) is 0 Å². The first-order valence-electron chi connectivity index (χ1n) is 11.7. The van der Waals surface area contributed by atoms with E-state index in [1.54, 1.807) is 20.8 Å². The Kier molecular flexibility index (Phi) is 10.7. The van der Waals surface area contributed by atoms with Crippen molar-refractivity contribution >= 4 is 39.5 Å². The molecule has 9 atom stereocenters. The van der Waals surface area contributed by atoms with Crippen molar-refractivity contribution in [2.75, 3.05) is 28.4 Å². The van der Waals surface area contributed by atoms with Gasteiger partial charge in [-0.2, -0.15) is 0 Å². The third-order valence-corrected chi connectivity index (χ3v) is 9.28. The van der Waals surface area contributed by atoms with Gasteiger partial charge in [-0.25, -0.2) is 0 Å². The maximum atomic E-state index is 13.6. The van der Waals surface area contributed by atoms with Gasteiger partial charge in [0.1, 0.15) is 18.3 Å². The van der Waals surface area contributed by atoms with Gasteiger partial charge in [-0.1, -0.05) is 11.8 Å². The van der Waals surface area contributed by atoms with Gasteiger partial charge in [-0.05, 0) is 48.9 Å². The van der Waals surface area contributed by atoms with Crippen LogP contribution in [0, 0.1) is 10.5 Å². The molecule has 0 bridgehead atoms. The Hall–Kier alpha value is -0.910. The maximum Gasteiger partial charge on any atom is 0.229 e. The fraction of sp³-hybridized carbons (Fsp3) is 0.708. The standard InChI is InChI=1S/C24H35IO11S/c1-9-14(23(29)37-22-11(3)34-13(30-4)8-12(22)26)18(31-5)21(33-7)19(15(9)25)36-24-17(28)20(32-6)16(27)10(2)35-24/h10-13,16-17,20,22,24,26-28H,8H2,1-7H3/t10-,11+,12-,13+,16-,17+,20+,22+,24-/m0/s1. The van der Waals surface area contributed by atoms with Crippen molar-refractivity contribution in [3.8, 4) is 17.2 Å². The molecule has 3 N–H and O–H groups in total. The third-order valence-electron chi connectivity index (χ3n) is 6.59. The lowest BCUT2D eigenvalue weighted by Crippen LogP contribution is -2.59. The SMILES string of the molecule is COc1c(O[C@@H]2O[C@@H](C)[C@H](O)[C@@H](OC)[C@H]2O)c(I)c(C)c(C(=O)S[C@H]2[C@@H](O)C[C@H](OC)O[C@@H]2C)c1OC. The minimum absolute atomic E-state index is 0.137. The smallest absolute Gasteiger partial charge is 0.229 e. The predicted octanol–water partition coefficient (Wildman–Crippen LogP) is 1.86. The van der Waals surface area contributed by atoms with Gasteiger partial charge in [0.2, 0.25) is 17.2 Å². The number of hydrogen-bond donors (Lipinski definition) is 3. The number of methoxy groups -OCH3 is 4. The molecule has 0 radical (unpaired) electrons. The molecule has 2 aliphatic rings. The molecule has 1 aromatic rings. The molecule has 0 saturated carbocycles. The van der Waals surface area contributed by atoms with E-state index < -0.39 is 54.5 Å². The molecule has 3 rings (SSSR count). The highest BCUT2D eigenvalue weighted by Crippen LogP contribution is 2.48. The van der Waals surface area contributed by atoms with Gasteiger partial charge < -0.3 is 48.5 Å². The summed E-state index contributed by atoms with van der Waals surface area (Å²) in [5.41, 5.74) is 0.819. The first-order chi connectivity index (χ1) is 17.5. The number of hydrogen-bond acceptors (Lipinski definition) is 12. The zero-order valence-electron chi connectivity index (χ0n) is 21.8. The van der Waals surface area contributed by atoms with Gasteiger partial charge in [0, 0.05) is 20.6 Å². The average molecular weight is 659 g/mol. The normalized spacial score (nSPS) is 34.2. The van der Waals surface area contributed by atoms with Crippen LogP contribution in [0.3, 0.4) is 0 Å². The van der Waals surface area contributed by atoms with Crippen molar-refractivity contribution in [1.82, 2.24) is 0 Å². The van der Waals surface area contributed by atoms with Crippen LogP contribution in [0.25, 0.3) is 0 Å². The Bertz CT molecular complexity index is 951. The molecule has 37 heavy (non-hydrogen) atoms. The van der Waals surface area contributed by atoms with E-state index in [2.05, 4.69) is 0 Å². The second-order valence-electron chi connectivity index (χ2n) is 8.90. The molecular formula is C24H35IO11S. The van der Waals surface area contributed by atoms with Crippen molar-refractivity contribution in [3.05, 3.63) is 14.7 Å². The molecule has 0 aliphatic carbocycles. The largest absolute Gasteiger partial charge is 0.492 e. The Morgan fingerprint density at radius 2 is 1.59 bits per heavy atom. The van der Waals surface area contributed by atoms with Gasteiger partial charge in [0.25, 0.3) is 0 Å². The van der Waals surface area contributed by atoms with Crippen molar-refractivity contribution < 1.29 is 53.3 Å². The first kappa shape index (κ1) is 30.6. The molecule has 11 nitrogen and oxygen atoms in total. The first-order valence-corrected chi connectivity index (χ1v) is 13.7. The summed E-state index contributed by atoms with van der Waals surface area (Å²) in [5, 5.41) is 30.8. The van der Waals surface area contributed by atoms with Crippen LogP contribution in [0.15, 0.2) is 0 Å². The molecule has 0 spiro atoms. The summed E-state index contributed by atoms with van der Waals surface area (Å²) in [4.78, 5) is 13.6. The highest BCUT2D eigenvalue weighted by molar-refractivity contribution is 14.1. The molecule has 2 fully saturated rings. The number of carbonyl (C=O) groups is 1. The predicted molar refractivity (Wildman–Crippen MR) is 142 cm³/mol. The summed E-state index contributed by atoms with van der Waals surface area (Å²) in [6, 6.07) is 0. The molecule has 2 aliphatic heterocycles. The molecular weight excluding hydrogens is 623 g/mol. The van der Waals surface area contributed by atoms with E-state index in [1.165, 1.54) is 28.4 Å². The van der Waals surface area contributed by atoms with Crippen LogP contribution in [0.2, 0.25) is 0 Å². The third kappa shape index (κ3) is 6.14. The van der Waals surface area contributed by atoms with Crippen molar-refractivity contribution in [2.24, 2.45) is 0 Å². The van der Waals surface area contributed by atoms with Crippen LogP contribution in [0.5, 0.6) is 17.2 Å². The van der Waals surface area contributed by atoms with Crippen LogP contribution in [-0.4, -0.2) is 103 Å². The molecule has 210 valence electrons. The van der Waals surface area contributed by atoms with E-state index in [0.717, 1.165) is 11.8 Å². The van der Waals surface area contributed by atoms with Crippen molar-refractivity contribution in [2.45, 2.75) is 81.6 Å². The number of ether oxygens (including phenoxy) is 7. The van der Waals surface area contributed by atoms with Crippen LogP contribution < -0.4 is 14.2 Å². The Morgan fingerprint density at radius 3 is 2.14 bits per heavy atom. The van der Waals surface area contributed by atoms with Crippen LogP contribution >= 0.6 is 34.4 Å². The maximum absolute atomic E-state index is 13.6. The van der Waals surface area contributed by atoms with Gasteiger partial charge in [-0.3, -0.25) is 4.79 Å². The summed E-state index contributed by atoms with van der Waals surface area (Å²) < 4.78 is 39.8. The lowest BCUT2D eigenvalue weighted by atomic mass is 9.99. The van der Waals surface area contributed by atoms with Crippen molar-refractivity contribution in [1.29, 1.82) is 0 Å². The Morgan fingerprint density at radius 1 is 0.946 bits per heavy atom. The van der Waals surface area contributed by atoms with E-state index in [-0.39, 0.29) is 34.3 Å². The summed E-state index contributed by atoms with van der Waals surface area (Å²) in [6.45, 7) is 5.17. The van der Waals surface area contributed by atoms with Gasteiger partial charge in [0.05, 0.1) is 46.9 Å². The number of halogens is 1. The quantitative estimate of drug-likeness (QED) is 0.351. The van der Waals surface area contributed by atoms with Gasteiger partial charge in [-0.15, -0.1) is 0 Å². The molecule has 0 amide bonds. The van der Waals surface area contributed by atoms with Crippen LogP contribution in [-0.2, 0) is 18.9 Å². The highest BCUT2D eigenvalue weighted by Gasteiger charge is 2.45. The van der Waals surface area contributed by atoms with Gasteiger partial charge in [0.15, 0.2) is 17.8 Å². The second kappa shape index (κ2) is 13.0. The topological polar surface area (TPSA) is 142 Å². The molecule has 0 unspecified atom stereocenters. The lowest BCUT2D eigenvalue weighted by molar-refractivity contribution is -0.273.